The average molecular weight is 148 g/mol. The van der Waals surface area contributed by atoms with Gasteiger partial charge in [0.05, 0.1) is 0 Å². The molecule has 0 N–H and O–H groups in total. The van der Waals surface area contributed by atoms with Crippen molar-refractivity contribution in [3.05, 3.63) is 11.9 Å². The van der Waals surface area contributed by atoms with Gasteiger partial charge >= 0.3 is 0 Å². The molecule has 0 aromatic carbocycles. The standard InChI is InChI=1S/C6H13O2P/c1-6(2)4-5-9(7)8-3/h4-6,9H,1-3H3. The first-order valence-corrected chi connectivity index (χ1v) is 4.32. The van der Waals surface area contributed by atoms with Crippen LogP contribution in [0.2, 0.25) is 0 Å². The number of hydrogen-bond donors (Lipinski definition) is 0. The van der Waals surface area contributed by atoms with E-state index in [0.29, 0.717) is 5.92 Å². The molecule has 54 valence electrons. The maximum absolute atomic E-state index is 10.6. The molecule has 0 saturated heterocycles. The Balaban J connectivity index is 3.57. The Bertz CT molecular complexity index is 118. The van der Waals surface area contributed by atoms with Crippen LogP contribution < -0.4 is 0 Å². The highest BCUT2D eigenvalue weighted by atomic mass is 31.1. The van der Waals surface area contributed by atoms with Crippen LogP contribution in [0.3, 0.4) is 0 Å². The van der Waals surface area contributed by atoms with Crippen molar-refractivity contribution in [2.75, 3.05) is 7.11 Å². The highest BCUT2D eigenvalue weighted by Gasteiger charge is 1.87. The molecule has 0 aromatic rings. The van der Waals surface area contributed by atoms with E-state index in [1.807, 2.05) is 19.9 Å². The minimum atomic E-state index is -1.85. The lowest BCUT2D eigenvalue weighted by atomic mass is 10.2. The summed E-state index contributed by atoms with van der Waals surface area (Å²) in [6, 6.07) is 0. The second-order valence-corrected chi connectivity index (χ2v) is 3.51. The Morgan fingerprint density at radius 3 is 2.44 bits per heavy atom. The molecule has 0 saturated carbocycles. The second-order valence-electron chi connectivity index (χ2n) is 2.13. The van der Waals surface area contributed by atoms with Crippen LogP contribution in [0, 0.1) is 5.92 Å². The number of hydrogen-bond acceptors (Lipinski definition) is 2. The van der Waals surface area contributed by atoms with Crippen molar-refractivity contribution in [2.24, 2.45) is 5.92 Å². The molecule has 0 fully saturated rings. The molecule has 0 radical (unpaired) electrons. The van der Waals surface area contributed by atoms with Gasteiger partial charge in [0, 0.05) is 7.11 Å². The largest absolute Gasteiger partial charge is 0.331 e. The monoisotopic (exact) mass is 148 g/mol. The summed E-state index contributed by atoms with van der Waals surface area (Å²) >= 11 is 0. The van der Waals surface area contributed by atoms with Crippen LogP contribution in [0.1, 0.15) is 13.8 Å². The van der Waals surface area contributed by atoms with Gasteiger partial charge in [0.1, 0.15) is 0 Å². The fourth-order valence-electron chi connectivity index (χ4n) is 0.339. The molecule has 0 aromatic heterocycles. The van der Waals surface area contributed by atoms with Gasteiger partial charge in [-0.15, -0.1) is 0 Å². The van der Waals surface area contributed by atoms with Crippen molar-refractivity contribution in [1.82, 2.24) is 0 Å². The summed E-state index contributed by atoms with van der Waals surface area (Å²) in [5.41, 5.74) is 0. The van der Waals surface area contributed by atoms with Crippen LogP contribution in [0.25, 0.3) is 0 Å². The first-order chi connectivity index (χ1) is 4.16. The lowest BCUT2D eigenvalue weighted by Gasteiger charge is -1.92. The van der Waals surface area contributed by atoms with E-state index in [0.717, 1.165) is 0 Å². The molecule has 1 unspecified atom stereocenters. The molecule has 2 nitrogen and oxygen atoms in total. The molecule has 0 aliphatic rings. The average Bonchev–Trinajstić information content (AvgIpc) is 1.83. The minimum absolute atomic E-state index is 0.453. The van der Waals surface area contributed by atoms with Crippen molar-refractivity contribution >= 4 is 8.03 Å². The van der Waals surface area contributed by atoms with Gasteiger partial charge in [0.25, 0.3) is 0 Å². The van der Waals surface area contributed by atoms with Crippen LogP contribution in [0.4, 0.5) is 0 Å². The molecule has 0 spiro atoms. The molecule has 0 amide bonds. The normalized spacial score (nSPS) is 15.1. The molecule has 3 heteroatoms. The third-order valence-electron chi connectivity index (χ3n) is 0.818. The quantitative estimate of drug-likeness (QED) is 0.574. The van der Waals surface area contributed by atoms with Crippen LogP contribution in [0.5, 0.6) is 0 Å². The molecule has 0 heterocycles. The summed E-state index contributed by atoms with van der Waals surface area (Å²) in [7, 11) is -0.404. The molecule has 0 aliphatic heterocycles. The molecule has 0 rings (SSSR count). The van der Waals surface area contributed by atoms with Crippen molar-refractivity contribution < 1.29 is 9.09 Å². The fraction of sp³-hybridized carbons (Fsp3) is 0.667. The number of rotatable bonds is 3. The summed E-state index contributed by atoms with van der Waals surface area (Å²) < 4.78 is 15.2. The zero-order valence-corrected chi connectivity index (χ0v) is 7.05. The van der Waals surface area contributed by atoms with E-state index in [-0.39, 0.29) is 0 Å². The maximum Gasteiger partial charge on any atom is 0.213 e. The van der Waals surface area contributed by atoms with Crippen molar-refractivity contribution in [3.63, 3.8) is 0 Å². The van der Waals surface area contributed by atoms with Gasteiger partial charge in [0.15, 0.2) is 0 Å². The van der Waals surface area contributed by atoms with Gasteiger partial charge in [-0.05, 0) is 11.7 Å². The number of allylic oxidation sites excluding steroid dienone is 1. The molecule has 0 aliphatic carbocycles. The van der Waals surface area contributed by atoms with Gasteiger partial charge in [-0.3, -0.25) is 4.57 Å². The predicted molar refractivity (Wildman–Crippen MR) is 40.0 cm³/mol. The minimum Gasteiger partial charge on any atom is -0.331 e. The molecular weight excluding hydrogens is 135 g/mol. The van der Waals surface area contributed by atoms with E-state index in [9.17, 15) is 4.57 Å². The Morgan fingerprint density at radius 2 is 2.11 bits per heavy atom. The van der Waals surface area contributed by atoms with E-state index < -0.39 is 8.03 Å². The third-order valence-corrected chi connectivity index (χ3v) is 1.69. The highest BCUT2D eigenvalue weighted by Crippen LogP contribution is 2.22. The summed E-state index contributed by atoms with van der Waals surface area (Å²) in [5.74, 6) is 2.07. The maximum atomic E-state index is 10.6. The fourth-order valence-corrected chi connectivity index (χ4v) is 1.02. The molecule has 1 atom stereocenters. The van der Waals surface area contributed by atoms with Crippen LogP contribution in [0.15, 0.2) is 11.9 Å². The van der Waals surface area contributed by atoms with Gasteiger partial charge in [-0.25, -0.2) is 0 Å². The lowest BCUT2D eigenvalue weighted by Crippen LogP contribution is -1.74. The van der Waals surface area contributed by atoms with Gasteiger partial charge in [0.2, 0.25) is 8.03 Å². The lowest BCUT2D eigenvalue weighted by molar-refractivity contribution is 0.422. The molecule has 9 heavy (non-hydrogen) atoms. The predicted octanol–water partition coefficient (Wildman–Crippen LogP) is 2.28. The van der Waals surface area contributed by atoms with Crippen LogP contribution in [-0.4, -0.2) is 7.11 Å². The SMILES string of the molecule is CO[PH](=O)C=CC(C)C. The first-order valence-electron chi connectivity index (χ1n) is 2.93. The molecular formula is C6H13O2P. The molecule has 0 bridgehead atoms. The Morgan fingerprint density at radius 1 is 1.56 bits per heavy atom. The van der Waals surface area contributed by atoms with E-state index in [4.69, 9.17) is 0 Å². The van der Waals surface area contributed by atoms with Crippen LogP contribution >= 0.6 is 8.03 Å². The highest BCUT2D eigenvalue weighted by molar-refractivity contribution is 7.42. The van der Waals surface area contributed by atoms with Gasteiger partial charge in [-0.1, -0.05) is 19.9 Å². The van der Waals surface area contributed by atoms with E-state index >= 15 is 0 Å². The van der Waals surface area contributed by atoms with E-state index in [1.54, 1.807) is 5.82 Å². The Kier molecular flexibility index (Phi) is 4.74. The van der Waals surface area contributed by atoms with Crippen molar-refractivity contribution in [2.45, 2.75) is 13.8 Å². The van der Waals surface area contributed by atoms with E-state index in [2.05, 4.69) is 4.52 Å². The van der Waals surface area contributed by atoms with Crippen molar-refractivity contribution in [1.29, 1.82) is 0 Å². The van der Waals surface area contributed by atoms with Crippen molar-refractivity contribution in [3.8, 4) is 0 Å². The van der Waals surface area contributed by atoms with Crippen LogP contribution in [-0.2, 0) is 9.09 Å². The first kappa shape index (κ1) is 8.93. The summed E-state index contributed by atoms with van der Waals surface area (Å²) in [6.07, 6.45) is 1.88. The smallest absolute Gasteiger partial charge is 0.213 e. The van der Waals surface area contributed by atoms with E-state index in [1.165, 1.54) is 7.11 Å². The Labute approximate surface area is 56.8 Å². The van der Waals surface area contributed by atoms with Gasteiger partial charge in [-0.2, -0.15) is 0 Å². The zero-order chi connectivity index (χ0) is 7.28. The summed E-state index contributed by atoms with van der Waals surface area (Å²) in [4.78, 5) is 0. The second kappa shape index (κ2) is 4.78. The Hall–Kier alpha value is -0.0700. The van der Waals surface area contributed by atoms with Gasteiger partial charge < -0.3 is 4.52 Å². The third kappa shape index (κ3) is 5.81. The summed E-state index contributed by atoms with van der Waals surface area (Å²) in [5, 5.41) is 0. The topological polar surface area (TPSA) is 26.3 Å². The summed E-state index contributed by atoms with van der Waals surface area (Å²) in [6.45, 7) is 4.06. The zero-order valence-electron chi connectivity index (χ0n) is 6.05.